The number of hydrogen-bond acceptors (Lipinski definition) is 3. The van der Waals surface area contributed by atoms with Gasteiger partial charge in [0.1, 0.15) is 6.07 Å². The van der Waals surface area contributed by atoms with Gasteiger partial charge in [-0.3, -0.25) is 0 Å². The first-order valence-electron chi connectivity index (χ1n) is 5.56. The predicted octanol–water partition coefficient (Wildman–Crippen LogP) is 4.79. The molecule has 0 aliphatic carbocycles. The van der Waals surface area contributed by atoms with Gasteiger partial charge in [0.05, 0.1) is 26.8 Å². The van der Waals surface area contributed by atoms with Crippen LogP contribution in [-0.2, 0) is 0 Å². The van der Waals surface area contributed by atoms with E-state index in [0.29, 0.717) is 19.6 Å². The van der Waals surface area contributed by atoms with Crippen molar-refractivity contribution in [1.82, 2.24) is 9.78 Å². The van der Waals surface area contributed by atoms with Gasteiger partial charge < -0.3 is 0 Å². The molecular formula is C13H6BrF2N3S. The lowest BCUT2D eigenvalue weighted by Crippen LogP contribution is -2.02. The number of thiophene rings is 1. The highest BCUT2D eigenvalue weighted by atomic mass is 79.9. The Kier molecular flexibility index (Phi) is 3.28. The van der Waals surface area contributed by atoms with Gasteiger partial charge in [-0.05, 0) is 22.0 Å². The van der Waals surface area contributed by atoms with Gasteiger partial charge in [-0.25, -0.2) is 4.68 Å². The van der Waals surface area contributed by atoms with Crippen LogP contribution < -0.4 is 0 Å². The highest BCUT2D eigenvalue weighted by Gasteiger charge is 2.23. The number of alkyl halides is 2. The molecule has 100 valence electrons. The van der Waals surface area contributed by atoms with Crippen LogP contribution >= 0.6 is 27.3 Å². The fourth-order valence-corrected chi connectivity index (χ4v) is 3.83. The Balaban J connectivity index is 2.36. The number of fused-ring (bicyclic) bond motifs is 1. The molecule has 0 spiro atoms. The number of rotatable bonds is 2. The fourth-order valence-electron chi connectivity index (χ4n) is 2.02. The van der Waals surface area contributed by atoms with E-state index in [2.05, 4.69) is 27.1 Å². The zero-order valence-electron chi connectivity index (χ0n) is 9.85. The smallest absolute Gasteiger partial charge is 0.202 e. The van der Waals surface area contributed by atoms with Crippen molar-refractivity contribution in [3.05, 3.63) is 40.5 Å². The lowest BCUT2D eigenvalue weighted by Gasteiger charge is -2.05. The van der Waals surface area contributed by atoms with Crippen LogP contribution in [0.25, 0.3) is 20.7 Å². The van der Waals surface area contributed by atoms with E-state index in [1.54, 1.807) is 0 Å². The minimum atomic E-state index is -2.76. The molecule has 7 heteroatoms. The van der Waals surface area contributed by atoms with Crippen LogP contribution in [0.2, 0.25) is 0 Å². The normalized spacial score (nSPS) is 11.2. The molecular weight excluding hydrogens is 348 g/mol. The van der Waals surface area contributed by atoms with Gasteiger partial charge in [0.15, 0.2) is 0 Å². The van der Waals surface area contributed by atoms with Gasteiger partial charge in [-0.1, -0.05) is 18.2 Å². The van der Waals surface area contributed by atoms with Gasteiger partial charge >= 0.3 is 6.55 Å². The molecule has 0 fully saturated rings. The molecule has 3 rings (SSSR count). The zero-order chi connectivity index (χ0) is 14.3. The number of halogens is 3. The molecule has 0 saturated heterocycles. The first-order valence-corrected chi connectivity index (χ1v) is 7.17. The van der Waals surface area contributed by atoms with Crippen LogP contribution in [0.15, 0.2) is 34.9 Å². The topological polar surface area (TPSA) is 41.6 Å². The van der Waals surface area contributed by atoms with Crippen molar-refractivity contribution in [3.8, 4) is 16.6 Å². The van der Waals surface area contributed by atoms with Crippen LogP contribution in [0.3, 0.4) is 0 Å². The van der Waals surface area contributed by atoms with Crippen molar-refractivity contribution in [2.45, 2.75) is 6.55 Å². The molecule has 20 heavy (non-hydrogen) atoms. The second kappa shape index (κ2) is 4.96. The van der Waals surface area contributed by atoms with E-state index in [1.807, 2.05) is 24.3 Å². The molecule has 0 aliphatic heterocycles. The summed E-state index contributed by atoms with van der Waals surface area (Å²) in [5.41, 5.74) is 0.631. The summed E-state index contributed by atoms with van der Waals surface area (Å²) >= 11 is 4.53. The highest BCUT2D eigenvalue weighted by Crippen LogP contribution is 2.41. The van der Waals surface area contributed by atoms with Gasteiger partial charge in [0.2, 0.25) is 0 Å². The molecule has 0 unspecified atom stereocenters. The van der Waals surface area contributed by atoms with E-state index in [-0.39, 0.29) is 5.69 Å². The van der Waals surface area contributed by atoms with Gasteiger partial charge in [-0.15, -0.1) is 11.3 Å². The summed E-state index contributed by atoms with van der Waals surface area (Å²) in [7, 11) is 0. The minimum Gasteiger partial charge on any atom is -0.202 e. The molecule has 0 amide bonds. The van der Waals surface area contributed by atoms with E-state index in [1.165, 1.54) is 17.5 Å². The second-order valence-corrected chi connectivity index (χ2v) is 5.88. The second-order valence-electron chi connectivity index (χ2n) is 3.98. The summed E-state index contributed by atoms with van der Waals surface area (Å²) in [5, 5.41) is 13.8. The zero-order valence-corrected chi connectivity index (χ0v) is 12.3. The molecule has 1 aromatic carbocycles. The van der Waals surface area contributed by atoms with Crippen molar-refractivity contribution in [2.75, 3.05) is 0 Å². The van der Waals surface area contributed by atoms with Crippen molar-refractivity contribution in [2.24, 2.45) is 0 Å². The number of nitrogens with zero attached hydrogens (tertiary/aromatic N) is 3. The van der Waals surface area contributed by atoms with Crippen molar-refractivity contribution in [3.63, 3.8) is 0 Å². The van der Waals surface area contributed by atoms with Crippen LogP contribution in [0.1, 0.15) is 12.1 Å². The van der Waals surface area contributed by atoms with Crippen molar-refractivity contribution >= 4 is 37.4 Å². The molecule has 0 aliphatic rings. The Labute approximate surface area is 125 Å². The van der Waals surface area contributed by atoms with E-state index in [0.717, 1.165) is 10.1 Å². The summed E-state index contributed by atoms with van der Waals surface area (Å²) in [4.78, 5) is 0.498. The first kappa shape index (κ1) is 13.2. The quantitative estimate of drug-likeness (QED) is 0.664. The highest BCUT2D eigenvalue weighted by molar-refractivity contribution is 9.10. The standard InChI is InChI=1S/C13H6BrF2N3S/c14-9-6-18-19(13(15)16)11(9)12-8(5-17)7-3-1-2-4-10(7)20-12/h1-4,6,13H. The van der Waals surface area contributed by atoms with E-state index in [9.17, 15) is 14.0 Å². The van der Waals surface area contributed by atoms with Gasteiger partial charge in [0, 0.05) is 10.1 Å². The average molecular weight is 354 g/mol. The number of nitriles is 1. The van der Waals surface area contributed by atoms with E-state index in [4.69, 9.17) is 0 Å². The molecule has 3 nitrogen and oxygen atoms in total. The number of hydrogen-bond donors (Lipinski definition) is 0. The molecule has 0 N–H and O–H groups in total. The predicted molar refractivity (Wildman–Crippen MR) is 76.7 cm³/mol. The monoisotopic (exact) mass is 353 g/mol. The molecule has 0 radical (unpaired) electrons. The molecule has 0 bridgehead atoms. The molecule has 2 heterocycles. The van der Waals surface area contributed by atoms with Crippen LogP contribution in [0, 0.1) is 11.3 Å². The summed E-state index contributed by atoms with van der Waals surface area (Å²) in [5.74, 6) is 0. The molecule has 3 aromatic rings. The van der Waals surface area contributed by atoms with E-state index >= 15 is 0 Å². The van der Waals surface area contributed by atoms with Gasteiger partial charge in [-0.2, -0.15) is 19.1 Å². The third-order valence-electron chi connectivity index (χ3n) is 2.86. The Morgan fingerprint density at radius 3 is 2.80 bits per heavy atom. The summed E-state index contributed by atoms with van der Waals surface area (Å²) in [6, 6.07) is 9.45. The SMILES string of the molecule is N#Cc1c(-c2c(Br)cnn2C(F)F)sc2ccccc12. The maximum atomic E-state index is 13.0. The Morgan fingerprint density at radius 2 is 2.10 bits per heavy atom. The van der Waals surface area contributed by atoms with Gasteiger partial charge in [0.25, 0.3) is 0 Å². The Morgan fingerprint density at radius 1 is 1.35 bits per heavy atom. The lowest BCUT2D eigenvalue weighted by atomic mass is 10.1. The summed E-state index contributed by atoms with van der Waals surface area (Å²) in [6.45, 7) is -2.76. The Hall–Kier alpha value is -1.78. The largest absolute Gasteiger partial charge is 0.333 e. The van der Waals surface area contributed by atoms with Crippen LogP contribution in [0.5, 0.6) is 0 Å². The van der Waals surface area contributed by atoms with Crippen molar-refractivity contribution in [1.29, 1.82) is 5.26 Å². The molecule has 0 saturated carbocycles. The third kappa shape index (κ3) is 1.92. The third-order valence-corrected chi connectivity index (χ3v) is 4.62. The number of aromatic nitrogens is 2. The maximum Gasteiger partial charge on any atom is 0.333 e. The van der Waals surface area contributed by atoms with Crippen molar-refractivity contribution < 1.29 is 8.78 Å². The van der Waals surface area contributed by atoms with Crippen LogP contribution in [-0.4, -0.2) is 9.78 Å². The number of benzene rings is 1. The minimum absolute atomic E-state index is 0.234. The first-order chi connectivity index (χ1) is 9.63. The van der Waals surface area contributed by atoms with E-state index < -0.39 is 6.55 Å². The maximum absolute atomic E-state index is 13.0. The summed E-state index contributed by atoms with van der Waals surface area (Å²) < 4.78 is 28.0. The summed E-state index contributed by atoms with van der Waals surface area (Å²) in [6.07, 6.45) is 1.31. The molecule has 0 atom stereocenters. The van der Waals surface area contributed by atoms with Crippen LogP contribution in [0.4, 0.5) is 8.78 Å². The lowest BCUT2D eigenvalue weighted by molar-refractivity contribution is 0.0585. The fraction of sp³-hybridized carbons (Fsp3) is 0.0769. The molecule has 2 aromatic heterocycles. The average Bonchev–Trinajstić information content (AvgIpc) is 2.98. The Bertz CT molecular complexity index is 832.